The van der Waals surface area contributed by atoms with Gasteiger partial charge >= 0.3 is 6.09 Å². The summed E-state index contributed by atoms with van der Waals surface area (Å²) in [5.74, 6) is 0.338. The molecule has 0 spiro atoms. The van der Waals surface area contributed by atoms with Crippen molar-refractivity contribution in [2.24, 2.45) is 5.92 Å². The Labute approximate surface area is 114 Å². The molecule has 0 aliphatic rings. The number of rotatable bonds is 8. The predicted molar refractivity (Wildman–Crippen MR) is 74.7 cm³/mol. The number of carbonyl (C=O) groups excluding carboxylic acids is 1. The highest BCUT2D eigenvalue weighted by atomic mass is 16.5. The van der Waals surface area contributed by atoms with E-state index in [1.165, 1.54) is 0 Å². The number of ether oxygens (including phenoxy) is 1. The number of hydrogen-bond donors (Lipinski definition) is 2. The van der Waals surface area contributed by atoms with Crippen molar-refractivity contribution in [2.75, 3.05) is 13.2 Å². The molecule has 2 N–H and O–H groups in total. The number of alkyl carbamates (subject to hydrolysis) is 1. The van der Waals surface area contributed by atoms with E-state index in [0.29, 0.717) is 19.1 Å². The van der Waals surface area contributed by atoms with Crippen LogP contribution in [0, 0.1) is 5.92 Å². The SMILES string of the molecule is CC(CO)CCCCNC(=O)OCc1ccccc1. The van der Waals surface area contributed by atoms with Crippen LogP contribution >= 0.6 is 0 Å². The van der Waals surface area contributed by atoms with E-state index in [9.17, 15) is 4.79 Å². The van der Waals surface area contributed by atoms with Crippen molar-refractivity contribution < 1.29 is 14.6 Å². The molecule has 4 heteroatoms. The number of hydrogen-bond acceptors (Lipinski definition) is 3. The fourth-order valence-corrected chi connectivity index (χ4v) is 1.67. The summed E-state index contributed by atoms with van der Waals surface area (Å²) in [5, 5.41) is 11.6. The van der Waals surface area contributed by atoms with Gasteiger partial charge in [0.05, 0.1) is 0 Å². The summed E-state index contributed by atoms with van der Waals surface area (Å²) in [7, 11) is 0. The maximum atomic E-state index is 11.4. The maximum absolute atomic E-state index is 11.4. The molecule has 0 aliphatic heterocycles. The van der Waals surface area contributed by atoms with E-state index in [0.717, 1.165) is 24.8 Å². The van der Waals surface area contributed by atoms with Crippen LogP contribution in [0.2, 0.25) is 0 Å². The third-order valence-electron chi connectivity index (χ3n) is 2.92. The lowest BCUT2D eigenvalue weighted by Gasteiger charge is -2.08. The van der Waals surface area contributed by atoms with Crippen molar-refractivity contribution in [3.63, 3.8) is 0 Å². The minimum Gasteiger partial charge on any atom is -0.445 e. The fraction of sp³-hybridized carbons (Fsp3) is 0.533. The minimum atomic E-state index is -0.376. The maximum Gasteiger partial charge on any atom is 0.407 e. The lowest BCUT2D eigenvalue weighted by atomic mass is 10.1. The average Bonchev–Trinajstić information content (AvgIpc) is 2.45. The summed E-state index contributed by atoms with van der Waals surface area (Å²) in [6.07, 6.45) is 2.52. The topological polar surface area (TPSA) is 58.6 Å². The minimum absolute atomic E-state index is 0.229. The molecule has 106 valence electrons. The number of carbonyl (C=O) groups is 1. The summed E-state index contributed by atoms with van der Waals surface area (Å²) in [6, 6.07) is 9.60. The van der Waals surface area contributed by atoms with E-state index < -0.39 is 0 Å². The molecule has 0 aromatic heterocycles. The largest absolute Gasteiger partial charge is 0.445 e. The van der Waals surface area contributed by atoms with E-state index in [2.05, 4.69) is 5.32 Å². The average molecular weight is 265 g/mol. The third-order valence-corrected chi connectivity index (χ3v) is 2.92. The second-order valence-electron chi connectivity index (χ2n) is 4.77. The molecule has 1 atom stereocenters. The Balaban J connectivity index is 2.02. The predicted octanol–water partition coefficient (Wildman–Crippen LogP) is 2.71. The van der Waals surface area contributed by atoms with Crippen LogP contribution in [0.1, 0.15) is 31.7 Å². The number of benzene rings is 1. The molecule has 0 heterocycles. The van der Waals surface area contributed by atoms with Gasteiger partial charge in [0.15, 0.2) is 0 Å². The Kier molecular flexibility index (Phi) is 7.66. The van der Waals surface area contributed by atoms with Crippen LogP contribution in [0.15, 0.2) is 30.3 Å². The van der Waals surface area contributed by atoms with Gasteiger partial charge in [0.2, 0.25) is 0 Å². The molecule has 1 aromatic rings. The first kappa shape index (κ1) is 15.5. The van der Waals surface area contributed by atoms with Crippen LogP contribution < -0.4 is 5.32 Å². The van der Waals surface area contributed by atoms with Crippen LogP contribution in [0.4, 0.5) is 4.79 Å². The number of amides is 1. The quantitative estimate of drug-likeness (QED) is 0.710. The normalized spacial score (nSPS) is 11.9. The summed E-state index contributed by atoms with van der Waals surface area (Å²) in [4.78, 5) is 11.4. The summed E-state index contributed by atoms with van der Waals surface area (Å²) >= 11 is 0. The highest BCUT2D eigenvalue weighted by molar-refractivity contribution is 5.67. The van der Waals surface area contributed by atoms with E-state index in [4.69, 9.17) is 9.84 Å². The number of nitrogens with one attached hydrogen (secondary N) is 1. The molecule has 0 saturated heterocycles. The molecule has 0 radical (unpaired) electrons. The van der Waals surface area contributed by atoms with E-state index in [-0.39, 0.29) is 12.7 Å². The Bertz CT molecular complexity index is 354. The van der Waals surface area contributed by atoms with Gasteiger partial charge in [0, 0.05) is 13.2 Å². The van der Waals surface area contributed by atoms with Crippen LogP contribution in [0.3, 0.4) is 0 Å². The standard InChI is InChI=1S/C15H23NO3/c1-13(11-17)7-5-6-10-16-15(18)19-12-14-8-3-2-4-9-14/h2-4,8-9,13,17H,5-7,10-12H2,1H3,(H,16,18). The van der Waals surface area contributed by atoms with Gasteiger partial charge in [-0.25, -0.2) is 4.79 Å². The molecule has 1 amide bonds. The van der Waals surface area contributed by atoms with Gasteiger partial charge in [-0.15, -0.1) is 0 Å². The van der Waals surface area contributed by atoms with Crippen molar-refractivity contribution in [1.29, 1.82) is 0 Å². The Morgan fingerprint density at radius 3 is 2.74 bits per heavy atom. The number of aliphatic hydroxyl groups excluding tert-OH is 1. The number of unbranched alkanes of at least 4 members (excludes halogenated alkanes) is 1. The lowest BCUT2D eigenvalue weighted by molar-refractivity contribution is 0.139. The molecule has 0 saturated carbocycles. The molecule has 19 heavy (non-hydrogen) atoms. The molecule has 4 nitrogen and oxygen atoms in total. The smallest absolute Gasteiger partial charge is 0.407 e. The Hall–Kier alpha value is -1.55. The van der Waals surface area contributed by atoms with Crippen molar-refractivity contribution in [3.05, 3.63) is 35.9 Å². The Morgan fingerprint density at radius 2 is 2.05 bits per heavy atom. The second-order valence-corrected chi connectivity index (χ2v) is 4.77. The molecule has 0 bridgehead atoms. The monoisotopic (exact) mass is 265 g/mol. The molecular weight excluding hydrogens is 242 g/mol. The van der Waals surface area contributed by atoms with Crippen LogP contribution in [0.5, 0.6) is 0 Å². The molecule has 1 rings (SSSR count). The first-order valence-electron chi connectivity index (χ1n) is 6.77. The van der Waals surface area contributed by atoms with E-state index >= 15 is 0 Å². The summed E-state index contributed by atoms with van der Waals surface area (Å²) in [5.41, 5.74) is 0.981. The fourth-order valence-electron chi connectivity index (χ4n) is 1.67. The molecule has 1 unspecified atom stereocenters. The van der Waals surface area contributed by atoms with Gasteiger partial charge in [-0.05, 0) is 24.3 Å². The zero-order valence-corrected chi connectivity index (χ0v) is 11.5. The number of aliphatic hydroxyl groups is 1. The molecule has 0 aliphatic carbocycles. The molecular formula is C15H23NO3. The third kappa shape index (κ3) is 7.47. The van der Waals surface area contributed by atoms with Gasteiger partial charge in [-0.1, -0.05) is 43.7 Å². The van der Waals surface area contributed by atoms with Crippen LogP contribution in [-0.4, -0.2) is 24.4 Å². The van der Waals surface area contributed by atoms with Gasteiger partial charge in [0.25, 0.3) is 0 Å². The summed E-state index contributed by atoms with van der Waals surface area (Å²) in [6.45, 7) is 3.16. The van der Waals surface area contributed by atoms with Gasteiger partial charge < -0.3 is 15.2 Å². The van der Waals surface area contributed by atoms with Crippen molar-refractivity contribution in [2.45, 2.75) is 32.8 Å². The van der Waals surface area contributed by atoms with Crippen LogP contribution in [-0.2, 0) is 11.3 Å². The molecule has 0 fully saturated rings. The van der Waals surface area contributed by atoms with E-state index in [1.54, 1.807) is 0 Å². The first-order chi connectivity index (χ1) is 9.22. The highest BCUT2D eigenvalue weighted by Gasteiger charge is 2.03. The van der Waals surface area contributed by atoms with E-state index in [1.807, 2.05) is 37.3 Å². The van der Waals surface area contributed by atoms with Gasteiger partial charge in [-0.2, -0.15) is 0 Å². The molecule has 1 aromatic carbocycles. The van der Waals surface area contributed by atoms with Gasteiger partial charge in [-0.3, -0.25) is 0 Å². The Morgan fingerprint density at radius 1 is 1.32 bits per heavy atom. The van der Waals surface area contributed by atoms with Crippen molar-refractivity contribution in [1.82, 2.24) is 5.32 Å². The van der Waals surface area contributed by atoms with Crippen LogP contribution in [0.25, 0.3) is 0 Å². The van der Waals surface area contributed by atoms with Crippen molar-refractivity contribution >= 4 is 6.09 Å². The lowest BCUT2D eigenvalue weighted by Crippen LogP contribution is -2.25. The zero-order valence-electron chi connectivity index (χ0n) is 11.5. The van der Waals surface area contributed by atoms with Crippen molar-refractivity contribution in [3.8, 4) is 0 Å². The summed E-state index contributed by atoms with van der Waals surface area (Å²) < 4.78 is 5.09. The highest BCUT2D eigenvalue weighted by Crippen LogP contribution is 2.06. The second kappa shape index (κ2) is 9.39. The zero-order chi connectivity index (χ0) is 13.9. The van der Waals surface area contributed by atoms with Gasteiger partial charge in [0.1, 0.15) is 6.61 Å². The first-order valence-corrected chi connectivity index (χ1v) is 6.77.